The van der Waals surface area contributed by atoms with Crippen molar-refractivity contribution in [2.75, 3.05) is 7.11 Å². The third-order valence-corrected chi connectivity index (χ3v) is 2.80. The van der Waals surface area contributed by atoms with Gasteiger partial charge in [-0.05, 0) is 25.5 Å². The Balaban J connectivity index is 2.53. The molecule has 1 aromatic heterocycles. The number of rotatable bonds is 2. The van der Waals surface area contributed by atoms with Crippen LogP contribution in [0.4, 0.5) is 0 Å². The number of nitrogens with one attached hydrogen (secondary N) is 1. The summed E-state index contributed by atoms with van der Waals surface area (Å²) in [4.78, 5) is 14.7. The fraction of sp³-hybridized carbons (Fsp3) is 0.214. The van der Waals surface area contributed by atoms with Gasteiger partial charge in [0.05, 0.1) is 18.4 Å². The second-order valence-corrected chi connectivity index (χ2v) is 4.08. The summed E-state index contributed by atoms with van der Waals surface area (Å²) in [7, 11) is 1.39. The highest BCUT2D eigenvalue weighted by Gasteiger charge is 2.15. The highest BCUT2D eigenvalue weighted by atomic mass is 16.5. The summed E-state index contributed by atoms with van der Waals surface area (Å²) >= 11 is 0. The van der Waals surface area contributed by atoms with E-state index < -0.39 is 0 Å². The molecular weight excluding hydrogens is 214 g/mol. The Bertz CT molecular complexity index is 555. The minimum atomic E-state index is -0.318. The predicted octanol–water partition coefficient (Wildman–Crippen LogP) is 3.09. The topological polar surface area (TPSA) is 42.1 Å². The summed E-state index contributed by atoms with van der Waals surface area (Å²) in [6.07, 6.45) is 1.75. The number of benzene rings is 1. The van der Waals surface area contributed by atoms with Crippen molar-refractivity contribution in [3.8, 4) is 11.3 Å². The molecule has 2 aromatic rings. The number of aromatic nitrogens is 1. The average molecular weight is 229 g/mol. The first-order valence-corrected chi connectivity index (χ1v) is 5.47. The zero-order valence-electron chi connectivity index (χ0n) is 10.2. The number of ether oxygens (including phenoxy) is 1. The Morgan fingerprint density at radius 1 is 1.24 bits per heavy atom. The van der Waals surface area contributed by atoms with Crippen LogP contribution in [0.25, 0.3) is 11.3 Å². The van der Waals surface area contributed by atoms with Gasteiger partial charge in [0, 0.05) is 11.8 Å². The zero-order valence-corrected chi connectivity index (χ0v) is 10.2. The Morgan fingerprint density at radius 3 is 2.65 bits per heavy atom. The minimum absolute atomic E-state index is 0.318. The van der Waals surface area contributed by atoms with E-state index in [9.17, 15) is 4.79 Å². The summed E-state index contributed by atoms with van der Waals surface area (Å²) < 4.78 is 4.76. The summed E-state index contributed by atoms with van der Waals surface area (Å²) in [6.45, 7) is 4.08. The van der Waals surface area contributed by atoms with Crippen molar-refractivity contribution in [1.29, 1.82) is 0 Å². The van der Waals surface area contributed by atoms with E-state index in [1.165, 1.54) is 12.7 Å². The lowest BCUT2D eigenvalue weighted by Gasteiger charge is -2.07. The van der Waals surface area contributed by atoms with Crippen molar-refractivity contribution < 1.29 is 9.53 Å². The maximum absolute atomic E-state index is 11.6. The van der Waals surface area contributed by atoms with E-state index in [2.05, 4.69) is 11.1 Å². The number of hydrogen-bond donors (Lipinski definition) is 1. The van der Waals surface area contributed by atoms with Crippen molar-refractivity contribution >= 4 is 5.97 Å². The van der Waals surface area contributed by atoms with Crippen LogP contribution in [-0.2, 0) is 4.74 Å². The molecule has 0 radical (unpaired) electrons. The number of carbonyl (C=O) groups is 1. The molecule has 0 spiro atoms. The normalized spacial score (nSPS) is 10.3. The minimum Gasteiger partial charge on any atom is -0.465 e. The van der Waals surface area contributed by atoms with Gasteiger partial charge in [0.15, 0.2) is 0 Å². The molecule has 0 aliphatic rings. The number of H-pyrrole nitrogens is 1. The molecule has 1 N–H and O–H groups in total. The van der Waals surface area contributed by atoms with Crippen LogP contribution in [-0.4, -0.2) is 18.1 Å². The summed E-state index contributed by atoms with van der Waals surface area (Å²) in [6, 6.07) is 7.88. The number of aryl methyl sites for hydroxylation is 2. The van der Waals surface area contributed by atoms with Crippen LogP contribution in [0, 0.1) is 13.8 Å². The number of hydrogen-bond acceptors (Lipinski definition) is 2. The molecule has 2 rings (SSSR count). The van der Waals surface area contributed by atoms with Gasteiger partial charge in [-0.15, -0.1) is 0 Å². The smallest absolute Gasteiger partial charge is 0.340 e. The zero-order chi connectivity index (χ0) is 12.4. The van der Waals surface area contributed by atoms with Gasteiger partial charge in [-0.3, -0.25) is 0 Å². The molecule has 0 bridgehead atoms. The van der Waals surface area contributed by atoms with E-state index in [1.807, 2.05) is 26.0 Å². The molecule has 1 aromatic carbocycles. The van der Waals surface area contributed by atoms with Gasteiger partial charge in [-0.2, -0.15) is 0 Å². The van der Waals surface area contributed by atoms with Crippen LogP contribution in [0.15, 0.2) is 30.5 Å². The molecule has 17 heavy (non-hydrogen) atoms. The monoisotopic (exact) mass is 229 g/mol. The second-order valence-electron chi connectivity index (χ2n) is 4.08. The van der Waals surface area contributed by atoms with Gasteiger partial charge < -0.3 is 9.72 Å². The van der Waals surface area contributed by atoms with Gasteiger partial charge in [0.25, 0.3) is 0 Å². The fourth-order valence-electron chi connectivity index (χ4n) is 1.97. The maximum atomic E-state index is 11.6. The number of carbonyl (C=O) groups excluding carboxylic acids is 1. The fourth-order valence-corrected chi connectivity index (χ4v) is 1.97. The van der Waals surface area contributed by atoms with Crippen molar-refractivity contribution in [2.45, 2.75) is 13.8 Å². The Hall–Kier alpha value is -2.03. The lowest BCUT2D eigenvalue weighted by Crippen LogP contribution is -2.02. The van der Waals surface area contributed by atoms with Crippen LogP contribution < -0.4 is 0 Å². The highest BCUT2D eigenvalue weighted by molar-refractivity contribution is 5.96. The van der Waals surface area contributed by atoms with Crippen LogP contribution in [0.2, 0.25) is 0 Å². The first-order valence-electron chi connectivity index (χ1n) is 5.47. The van der Waals surface area contributed by atoms with Crippen LogP contribution >= 0.6 is 0 Å². The van der Waals surface area contributed by atoms with Gasteiger partial charge in [-0.1, -0.05) is 23.8 Å². The molecule has 0 aliphatic carbocycles. The molecule has 0 saturated carbocycles. The molecular formula is C14H15NO2. The van der Waals surface area contributed by atoms with E-state index in [4.69, 9.17) is 4.74 Å². The predicted molar refractivity (Wildman–Crippen MR) is 67.0 cm³/mol. The molecule has 0 aliphatic heterocycles. The van der Waals surface area contributed by atoms with E-state index in [1.54, 1.807) is 12.3 Å². The molecule has 0 atom stereocenters. The second kappa shape index (κ2) is 4.45. The Kier molecular flexibility index (Phi) is 3.00. The van der Waals surface area contributed by atoms with Crippen LogP contribution in [0.5, 0.6) is 0 Å². The maximum Gasteiger partial charge on any atom is 0.340 e. The Labute approximate surface area is 100 Å². The standard InChI is InChI=1S/C14H15NO2/c1-9-4-5-11(10(2)8-9)13-12(6-7-15-13)14(16)17-3/h4-8,15H,1-3H3. The van der Waals surface area contributed by atoms with Gasteiger partial charge in [0.2, 0.25) is 0 Å². The highest BCUT2D eigenvalue weighted by Crippen LogP contribution is 2.26. The molecule has 1 heterocycles. The van der Waals surface area contributed by atoms with E-state index >= 15 is 0 Å². The Morgan fingerprint density at radius 2 is 2.00 bits per heavy atom. The van der Waals surface area contributed by atoms with Crippen LogP contribution in [0.3, 0.4) is 0 Å². The van der Waals surface area contributed by atoms with Crippen molar-refractivity contribution in [3.63, 3.8) is 0 Å². The molecule has 3 heteroatoms. The lowest BCUT2D eigenvalue weighted by molar-refractivity contribution is 0.0602. The largest absolute Gasteiger partial charge is 0.465 e. The van der Waals surface area contributed by atoms with E-state index in [-0.39, 0.29) is 5.97 Å². The van der Waals surface area contributed by atoms with Gasteiger partial charge in [0.1, 0.15) is 0 Å². The molecule has 0 amide bonds. The SMILES string of the molecule is COC(=O)c1cc[nH]c1-c1ccc(C)cc1C. The third kappa shape index (κ3) is 2.09. The van der Waals surface area contributed by atoms with Crippen molar-refractivity contribution in [2.24, 2.45) is 0 Å². The molecule has 0 saturated heterocycles. The first kappa shape index (κ1) is 11.5. The average Bonchev–Trinajstić information content (AvgIpc) is 2.77. The lowest BCUT2D eigenvalue weighted by atomic mass is 10.0. The van der Waals surface area contributed by atoms with Crippen molar-refractivity contribution in [3.05, 3.63) is 47.2 Å². The number of esters is 1. The van der Waals surface area contributed by atoms with E-state index in [0.29, 0.717) is 5.56 Å². The molecule has 0 unspecified atom stereocenters. The van der Waals surface area contributed by atoms with Gasteiger partial charge in [-0.25, -0.2) is 4.79 Å². The van der Waals surface area contributed by atoms with E-state index in [0.717, 1.165) is 16.8 Å². The molecule has 3 nitrogen and oxygen atoms in total. The number of methoxy groups -OCH3 is 1. The summed E-state index contributed by atoms with van der Waals surface area (Å²) in [5.74, 6) is -0.318. The quantitative estimate of drug-likeness (QED) is 0.804. The molecule has 88 valence electrons. The summed E-state index contributed by atoms with van der Waals surface area (Å²) in [5, 5.41) is 0. The van der Waals surface area contributed by atoms with Gasteiger partial charge >= 0.3 is 5.97 Å². The molecule has 0 fully saturated rings. The third-order valence-electron chi connectivity index (χ3n) is 2.80. The summed E-state index contributed by atoms with van der Waals surface area (Å²) in [5.41, 5.74) is 4.75. The first-order chi connectivity index (χ1) is 8.13. The van der Waals surface area contributed by atoms with Crippen molar-refractivity contribution in [1.82, 2.24) is 4.98 Å². The van der Waals surface area contributed by atoms with Crippen LogP contribution in [0.1, 0.15) is 21.5 Å². The number of aromatic amines is 1.